The summed E-state index contributed by atoms with van der Waals surface area (Å²) in [4.78, 5) is 24.5. The number of unbranched alkanes of at least 4 members (excludes halogenated alkanes) is 3. The second-order valence-corrected chi connectivity index (χ2v) is 6.38. The number of fused-ring (bicyclic) bond motifs is 1. The number of amides is 2. The van der Waals surface area contributed by atoms with Crippen LogP contribution in [-0.4, -0.2) is 25.2 Å². The standard InChI is InChI=1S/C21H24N2O5/c1-2-3-4-5-13-26-16-11-9-15(10-12-16)20(24)22-23-21(25)17-7-6-8-18-19(17)28-14-27-18/h6-12H,2-5,13-14H2,1H3,(H,22,24)(H,23,25). The SMILES string of the molecule is CCCCCCOc1ccc(C(=O)NNC(=O)c2cccc3c2OCO3)cc1. The summed E-state index contributed by atoms with van der Waals surface area (Å²) in [6.07, 6.45) is 4.56. The minimum absolute atomic E-state index is 0.0685. The molecular formula is C21H24N2O5. The lowest BCUT2D eigenvalue weighted by Gasteiger charge is -2.10. The molecule has 1 heterocycles. The van der Waals surface area contributed by atoms with Gasteiger partial charge in [-0.3, -0.25) is 20.4 Å². The normalized spacial score (nSPS) is 11.8. The van der Waals surface area contributed by atoms with Gasteiger partial charge in [0.2, 0.25) is 6.79 Å². The molecule has 0 fully saturated rings. The van der Waals surface area contributed by atoms with E-state index in [1.165, 1.54) is 12.8 Å². The molecule has 2 aromatic carbocycles. The van der Waals surface area contributed by atoms with Crippen LogP contribution in [0.2, 0.25) is 0 Å². The van der Waals surface area contributed by atoms with Crippen LogP contribution in [0, 0.1) is 0 Å². The van der Waals surface area contributed by atoms with Crippen molar-refractivity contribution in [2.24, 2.45) is 0 Å². The molecule has 2 N–H and O–H groups in total. The average Bonchev–Trinajstić information content (AvgIpc) is 3.21. The molecule has 3 rings (SSSR count). The zero-order valence-electron chi connectivity index (χ0n) is 15.8. The molecule has 0 spiro atoms. The van der Waals surface area contributed by atoms with Crippen LogP contribution in [0.15, 0.2) is 42.5 Å². The van der Waals surface area contributed by atoms with Crippen molar-refractivity contribution in [1.82, 2.24) is 10.9 Å². The fraction of sp³-hybridized carbons (Fsp3) is 0.333. The van der Waals surface area contributed by atoms with Gasteiger partial charge in [0.25, 0.3) is 11.8 Å². The van der Waals surface area contributed by atoms with Crippen LogP contribution >= 0.6 is 0 Å². The van der Waals surface area contributed by atoms with Crippen molar-refractivity contribution in [2.75, 3.05) is 13.4 Å². The first-order chi connectivity index (χ1) is 13.7. The molecule has 0 saturated heterocycles. The smallest absolute Gasteiger partial charge is 0.273 e. The molecule has 0 atom stereocenters. The Hall–Kier alpha value is -3.22. The summed E-state index contributed by atoms with van der Waals surface area (Å²) in [5.41, 5.74) is 5.50. The summed E-state index contributed by atoms with van der Waals surface area (Å²) in [5.74, 6) is 0.684. The number of carbonyl (C=O) groups is 2. The molecule has 7 heteroatoms. The highest BCUT2D eigenvalue weighted by Crippen LogP contribution is 2.35. The largest absolute Gasteiger partial charge is 0.494 e. The van der Waals surface area contributed by atoms with Crippen molar-refractivity contribution >= 4 is 11.8 Å². The molecule has 0 aliphatic carbocycles. The van der Waals surface area contributed by atoms with Crippen LogP contribution in [0.3, 0.4) is 0 Å². The number of benzene rings is 2. The zero-order chi connectivity index (χ0) is 19.8. The Balaban J connectivity index is 1.48. The van der Waals surface area contributed by atoms with E-state index in [-0.39, 0.29) is 6.79 Å². The van der Waals surface area contributed by atoms with Gasteiger partial charge in [-0.25, -0.2) is 0 Å². The average molecular weight is 384 g/mol. The molecule has 2 aromatic rings. The van der Waals surface area contributed by atoms with Crippen LogP contribution in [-0.2, 0) is 0 Å². The lowest BCUT2D eigenvalue weighted by Crippen LogP contribution is -2.41. The highest BCUT2D eigenvalue weighted by Gasteiger charge is 2.22. The maximum absolute atomic E-state index is 12.3. The van der Waals surface area contributed by atoms with Gasteiger partial charge in [0.1, 0.15) is 5.75 Å². The summed E-state index contributed by atoms with van der Waals surface area (Å²) in [6, 6.07) is 11.8. The third-order valence-electron chi connectivity index (χ3n) is 4.31. The van der Waals surface area contributed by atoms with E-state index >= 15 is 0 Å². The predicted molar refractivity (Wildman–Crippen MR) is 104 cm³/mol. The molecule has 0 aromatic heterocycles. The van der Waals surface area contributed by atoms with Crippen molar-refractivity contribution in [2.45, 2.75) is 32.6 Å². The third kappa shape index (κ3) is 4.94. The van der Waals surface area contributed by atoms with E-state index < -0.39 is 11.8 Å². The molecule has 1 aliphatic rings. The molecule has 1 aliphatic heterocycles. The second-order valence-electron chi connectivity index (χ2n) is 6.38. The van der Waals surface area contributed by atoms with Crippen LogP contribution in [0.25, 0.3) is 0 Å². The summed E-state index contributed by atoms with van der Waals surface area (Å²) in [5, 5.41) is 0. The minimum atomic E-state index is -0.484. The van der Waals surface area contributed by atoms with Crippen molar-refractivity contribution < 1.29 is 23.8 Å². The van der Waals surface area contributed by atoms with E-state index in [1.807, 2.05) is 0 Å². The van der Waals surface area contributed by atoms with Crippen LogP contribution in [0.1, 0.15) is 53.3 Å². The van der Waals surface area contributed by atoms with E-state index in [0.717, 1.165) is 12.8 Å². The molecule has 0 saturated carbocycles. The number of hydrogen-bond donors (Lipinski definition) is 2. The first-order valence-electron chi connectivity index (χ1n) is 9.41. The van der Waals surface area contributed by atoms with Gasteiger partial charge in [-0.15, -0.1) is 0 Å². The summed E-state index contributed by atoms with van der Waals surface area (Å²) in [6.45, 7) is 2.90. The number of rotatable bonds is 8. The molecule has 0 unspecified atom stereocenters. The Bertz CT molecular complexity index is 820. The van der Waals surface area contributed by atoms with Gasteiger partial charge >= 0.3 is 0 Å². The van der Waals surface area contributed by atoms with E-state index in [2.05, 4.69) is 17.8 Å². The van der Waals surface area contributed by atoms with Gasteiger partial charge in [0, 0.05) is 5.56 Å². The highest BCUT2D eigenvalue weighted by molar-refractivity contribution is 6.01. The Morgan fingerprint density at radius 2 is 1.75 bits per heavy atom. The molecule has 0 radical (unpaired) electrons. The molecule has 2 amide bonds. The van der Waals surface area contributed by atoms with Gasteiger partial charge in [0.15, 0.2) is 11.5 Å². The summed E-state index contributed by atoms with van der Waals surface area (Å²) in [7, 11) is 0. The van der Waals surface area contributed by atoms with E-state index in [0.29, 0.717) is 35.0 Å². The quantitative estimate of drug-likeness (QED) is 0.538. The maximum Gasteiger partial charge on any atom is 0.273 e. The molecule has 148 valence electrons. The number of ether oxygens (including phenoxy) is 3. The molecule has 28 heavy (non-hydrogen) atoms. The Labute approximate surface area is 164 Å². The lowest BCUT2D eigenvalue weighted by atomic mass is 10.2. The Morgan fingerprint density at radius 3 is 2.54 bits per heavy atom. The Morgan fingerprint density at radius 1 is 0.964 bits per heavy atom. The lowest BCUT2D eigenvalue weighted by molar-refractivity contribution is 0.0844. The van der Waals surface area contributed by atoms with Gasteiger partial charge in [-0.05, 0) is 42.8 Å². The van der Waals surface area contributed by atoms with Crippen molar-refractivity contribution in [1.29, 1.82) is 0 Å². The van der Waals surface area contributed by atoms with E-state index in [4.69, 9.17) is 14.2 Å². The van der Waals surface area contributed by atoms with Gasteiger partial charge < -0.3 is 14.2 Å². The third-order valence-corrected chi connectivity index (χ3v) is 4.31. The molecule has 7 nitrogen and oxygen atoms in total. The van der Waals surface area contributed by atoms with Gasteiger partial charge in [-0.1, -0.05) is 32.3 Å². The van der Waals surface area contributed by atoms with Crippen LogP contribution in [0.5, 0.6) is 17.2 Å². The van der Waals surface area contributed by atoms with E-state index in [9.17, 15) is 9.59 Å². The summed E-state index contributed by atoms with van der Waals surface area (Å²) >= 11 is 0. The highest BCUT2D eigenvalue weighted by atomic mass is 16.7. The fourth-order valence-corrected chi connectivity index (χ4v) is 2.78. The van der Waals surface area contributed by atoms with Crippen LogP contribution in [0.4, 0.5) is 0 Å². The van der Waals surface area contributed by atoms with E-state index in [1.54, 1.807) is 42.5 Å². The van der Waals surface area contributed by atoms with Gasteiger partial charge in [-0.2, -0.15) is 0 Å². The monoisotopic (exact) mass is 384 g/mol. The fourth-order valence-electron chi connectivity index (χ4n) is 2.78. The van der Waals surface area contributed by atoms with Crippen molar-refractivity contribution in [3.05, 3.63) is 53.6 Å². The maximum atomic E-state index is 12.3. The molecule has 0 bridgehead atoms. The summed E-state index contributed by atoms with van der Waals surface area (Å²) < 4.78 is 16.2. The number of carbonyl (C=O) groups excluding carboxylic acids is 2. The second kappa shape index (κ2) is 9.64. The number of hydrazine groups is 1. The first-order valence-corrected chi connectivity index (χ1v) is 9.41. The number of para-hydroxylation sites is 1. The topological polar surface area (TPSA) is 85.9 Å². The number of hydrogen-bond acceptors (Lipinski definition) is 5. The van der Waals surface area contributed by atoms with Crippen LogP contribution < -0.4 is 25.1 Å². The minimum Gasteiger partial charge on any atom is -0.494 e. The first kappa shape index (κ1) is 19.5. The Kier molecular flexibility index (Phi) is 6.73. The van der Waals surface area contributed by atoms with Gasteiger partial charge in [0.05, 0.1) is 12.2 Å². The zero-order valence-corrected chi connectivity index (χ0v) is 15.8. The number of nitrogens with one attached hydrogen (secondary N) is 2. The predicted octanol–water partition coefficient (Wildman–Crippen LogP) is 3.45. The van der Waals surface area contributed by atoms with Crippen molar-refractivity contribution in [3.8, 4) is 17.2 Å². The molecular weight excluding hydrogens is 360 g/mol. The van der Waals surface area contributed by atoms with Crippen molar-refractivity contribution in [3.63, 3.8) is 0 Å².